The van der Waals surface area contributed by atoms with Gasteiger partial charge in [-0.1, -0.05) is 41.9 Å². The molecule has 0 unspecified atom stereocenters. The summed E-state index contributed by atoms with van der Waals surface area (Å²) in [5.41, 5.74) is 5.08. The predicted molar refractivity (Wildman–Crippen MR) is 94.0 cm³/mol. The van der Waals surface area contributed by atoms with Crippen LogP contribution in [-0.4, -0.2) is 15.0 Å². The van der Waals surface area contributed by atoms with Gasteiger partial charge in [-0.15, -0.1) is 0 Å². The van der Waals surface area contributed by atoms with E-state index < -0.39 is 5.69 Å². The molecule has 4 rings (SSSR count). The first-order chi connectivity index (χ1) is 11.1. The molecule has 0 radical (unpaired) electrons. The molecule has 116 valence electrons. The molecule has 1 aromatic heterocycles. The second kappa shape index (κ2) is 6.49. The molecule has 0 saturated carbocycles. The maximum absolute atomic E-state index is 11.3. The normalized spacial score (nSPS) is 10.6. The van der Waals surface area contributed by atoms with Crippen molar-refractivity contribution in [2.45, 2.75) is 0 Å². The zero-order chi connectivity index (χ0) is 16.4. The van der Waals surface area contributed by atoms with Crippen molar-refractivity contribution in [2.24, 2.45) is 5.84 Å². The SMILES string of the molecule is NNc1nc(-c2c(Cl)cccc2Br)[nH]c(=O)n1.c1cc2ccc1-2. The van der Waals surface area contributed by atoms with Crippen LogP contribution in [0, 0.1) is 0 Å². The van der Waals surface area contributed by atoms with E-state index in [0.29, 0.717) is 15.1 Å². The van der Waals surface area contributed by atoms with Gasteiger partial charge in [-0.25, -0.2) is 10.6 Å². The van der Waals surface area contributed by atoms with E-state index in [1.54, 1.807) is 18.2 Å². The molecule has 0 amide bonds. The molecule has 1 heterocycles. The minimum atomic E-state index is -0.560. The van der Waals surface area contributed by atoms with Crippen molar-refractivity contribution < 1.29 is 0 Å². The third-order valence-electron chi connectivity index (χ3n) is 3.20. The van der Waals surface area contributed by atoms with E-state index in [1.165, 1.54) is 11.1 Å². The van der Waals surface area contributed by atoms with Gasteiger partial charge >= 0.3 is 5.69 Å². The number of aromatic nitrogens is 3. The Hall–Kier alpha value is -2.22. The van der Waals surface area contributed by atoms with Gasteiger partial charge in [0.05, 0.1) is 10.6 Å². The van der Waals surface area contributed by atoms with Gasteiger partial charge in [-0.3, -0.25) is 10.4 Å². The molecular formula is C15H11BrClN5O. The molecule has 0 bridgehead atoms. The highest BCUT2D eigenvalue weighted by Crippen LogP contribution is 2.32. The van der Waals surface area contributed by atoms with Crippen LogP contribution >= 0.6 is 27.5 Å². The van der Waals surface area contributed by atoms with Crippen LogP contribution in [0.1, 0.15) is 0 Å². The minimum Gasteiger partial charge on any atom is -0.292 e. The lowest BCUT2D eigenvalue weighted by atomic mass is 9.95. The zero-order valence-corrected chi connectivity index (χ0v) is 14.0. The third kappa shape index (κ3) is 3.26. The van der Waals surface area contributed by atoms with Crippen LogP contribution in [0.2, 0.25) is 5.02 Å². The summed E-state index contributed by atoms with van der Waals surface area (Å²) >= 11 is 9.38. The average molecular weight is 393 g/mol. The fourth-order valence-corrected chi connectivity index (χ4v) is 2.89. The first-order valence-electron chi connectivity index (χ1n) is 6.58. The van der Waals surface area contributed by atoms with Gasteiger partial charge in [-0.2, -0.15) is 9.97 Å². The summed E-state index contributed by atoms with van der Waals surface area (Å²) in [5.74, 6) is 5.48. The van der Waals surface area contributed by atoms with Crippen LogP contribution in [0.25, 0.3) is 22.5 Å². The number of nitrogens with zero attached hydrogens (tertiary/aromatic N) is 2. The van der Waals surface area contributed by atoms with Gasteiger partial charge in [0.15, 0.2) is 0 Å². The van der Waals surface area contributed by atoms with Crippen molar-refractivity contribution in [3.05, 3.63) is 62.4 Å². The monoisotopic (exact) mass is 391 g/mol. The summed E-state index contributed by atoms with van der Waals surface area (Å²) < 4.78 is 0.710. The van der Waals surface area contributed by atoms with Crippen LogP contribution in [-0.2, 0) is 0 Å². The molecule has 6 nitrogen and oxygen atoms in total. The summed E-state index contributed by atoms with van der Waals surface area (Å²) in [4.78, 5) is 21.3. The molecule has 4 N–H and O–H groups in total. The highest BCUT2D eigenvalue weighted by molar-refractivity contribution is 9.10. The quantitative estimate of drug-likeness (QED) is 0.359. The van der Waals surface area contributed by atoms with Crippen molar-refractivity contribution in [1.82, 2.24) is 15.0 Å². The van der Waals surface area contributed by atoms with E-state index in [9.17, 15) is 4.79 Å². The van der Waals surface area contributed by atoms with Crippen molar-refractivity contribution >= 4 is 33.5 Å². The van der Waals surface area contributed by atoms with E-state index >= 15 is 0 Å². The van der Waals surface area contributed by atoms with Crippen LogP contribution in [0.5, 0.6) is 0 Å². The lowest BCUT2D eigenvalue weighted by molar-refractivity contribution is 0.984. The predicted octanol–water partition coefficient (Wildman–Crippen LogP) is 3.20. The Labute approximate surface area is 144 Å². The van der Waals surface area contributed by atoms with E-state index in [4.69, 9.17) is 17.4 Å². The molecule has 0 saturated heterocycles. The molecular weight excluding hydrogens is 382 g/mol. The number of hydrazine groups is 1. The number of nitrogens with two attached hydrogens (primary N) is 1. The molecule has 0 atom stereocenters. The van der Waals surface area contributed by atoms with E-state index in [0.717, 1.165) is 0 Å². The number of hydrogen-bond acceptors (Lipinski definition) is 5. The fraction of sp³-hybridized carbons (Fsp3) is 0. The standard InChI is InChI=1S/C9H7BrClN5O.C6H4/c10-4-2-1-3-5(11)6(4)7-13-8(16-12)15-9(17)14-7;1-2-6-4-3-5(1)6/h1-3H,12H2,(H2,13,14,15,16,17);1-4H. The maximum atomic E-state index is 11.3. The molecule has 0 spiro atoms. The topological polar surface area (TPSA) is 96.7 Å². The van der Waals surface area contributed by atoms with Gasteiger partial charge < -0.3 is 0 Å². The largest absolute Gasteiger partial charge is 0.349 e. The van der Waals surface area contributed by atoms with Gasteiger partial charge in [0.1, 0.15) is 5.82 Å². The number of anilines is 1. The lowest BCUT2D eigenvalue weighted by Gasteiger charge is -2.10. The van der Waals surface area contributed by atoms with Crippen molar-refractivity contribution in [3.63, 3.8) is 0 Å². The van der Waals surface area contributed by atoms with Crippen LogP contribution < -0.4 is 17.0 Å². The number of H-pyrrole nitrogens is 1. The number of nitrogen functional groups attached to an aromatic ring is 1. The Balaban J connectivity index is 0.000000213. The molecule has 8 heteroatoms. The summed E-state index contributed by atoms with van der Waals surface area (Å²) in [6.07, 6.45) is 0. The number of nitrogens with one attached hydrogen (secondary N) is 2. The smallest absolute Gasteiger partial charge is 0.292 e. The summed E-state index contributed by atoms with van der Waals surface area (Å²) in [7, 11) is 0. The zero-order valence-electron chi connectivity index (χ0n) is 11.7. The highest BCUT2D eigenvalue weighted by Gasteiger charge is 2.11. The molecule has 1 aromatic carbocycles. The molecule has 2 aliphatic carbocycles. The highest BCUT2D eigenvalue weighted by atomic mass is 79.9. The summed E-state index contributed by atoms with van der Waals surface area (Å²) in [6.45, 7) is 0. The number of aromatic amines is 1. The molecule has 2 aliphatic rings. The second-order valence-electron chi connectivity index (χ2n) is 4.64. The Morgan fingerprint density at radius 2 is 1.74 bits per heavy atom. The second-order valence-corrected chi connectivity index (χ2v) is 5.91. The Morgan fingerprint density at radius 1 is 1.09 bits per heavy atom. The van der Waals surface area contributed by atoms with Crippen LogP contribution in [0.4, 0.5) is 5.95 Å². The van der Waals surface area contributed by atoms with Gasteiger partial charge in [0.25, 0.3) is 0 Å². The molecule has 2 aromatic rings. The molecule has 0 aliphatic heterocycles. The number of benzene rings is 2. The number of halogens is 2. The first kappa shape index (κ1) is 15.7. The molecule has 23 heavy (non-hydrogen) atoms. The van der Waals surface area contributed by atoms with Gasteiger partial charge in [-0.05, 0) is 39.2 Å². The van der Waals surface area contributed by atoms with Gasteiger partial charge in [0, 0.05) is 4.47 Å². The number of fused-ring (bicyclic) bond motifs is 1. The van der Waals surface area contributed by atoms with Crippen LogP contribution in [0.15, 0.2) is 51.7 Å². The van der Waals surface area contributed by atoms with Crippen molar-refractivity contribution in [1.29, 1.82) is 0 Å². The fourth-order valence-electron chi connectivity index (χ4n) is 1.95. The third-order valence-corrected chi connectivity index (χ3v) is 4.17. The summed E-state index contributed by atoms with van der Waals surface area (Å²) in [5, 5.41) is 0.455. The van der Waals surface area contributed by atoms with E-state index in [1.807, 2.05) is 0 Å². The number of rotatable bonds is 2. The number of hydrogen-bond donors (Lipinski definition) is 3. The Kier molecular flexibility index (Phi) is 4.42. The maximum Gasteiger partial charge on any atom is 0.349 e. The summed E-state index contributed by atoms with van der Waals surface area (Å²) in [6, 6.07) is 13.7. The molecule has 0 fully saturated rings. The lowest BCUT2D eigenvalue weighted by Crippen LogP contribution is -2.19. The Bertz CT molecular complexity index is 869. The van der Waals surface area contributed by atoms with E-state index in [2.05, 4.69) is 60.6 Å². The minimum absolute atomic E-state index is 0.0237. The van der Waals surface area contributed by atoms with Crippen LogP contribution in [0.3, 0.4) is 0 Å². The average Bonchev–Trinajstić information content (AvgIpc) is 2.50. The van der Waals surface area contributed by atoms with E-state index in [-0.39, 0.29) is 11.8 Å². The van der Waals surface area contributed by atoms with Gasteiger partial charge in [0.2, 0.25) is 5.95 Å². The van der Waals surface area contributed by atoms with Crippen molar-refractivity contribution in [3.8, 4) is 22.5 Å². The first-order valence-corrected chi connectivity index (χ1v) is 7.75. The van der Waals surface area contributed by atoms with Crippen molar-refractivity contribution in [2.75, 3.05) is 5.43 Å². The Morgan fingerprint density at radius 3 is 2.22 bits per heavy atom.